The molecular weight excluding hydrogens is 242 g/mol. The molecular formula is C14H21N3O2. The molecule has 5 heteroatoms. The minimum atomic E-state index is -1.15. The normalized spacial score (nSPS) is 23.8. The zero-order valence-electron chi connectivity index (χ0n) is 11.2. The van der Waals surface area contributed by atoms with Gasteiger partial charge in [-0.2, -0.15) is 0 Å². The lowest BCUT2D eigenvalue weighted by Gasteiger charge is -2.37. The number of ether oxygens (including phenoxy) is 1. The number of carbonyl (C=O) groups excluding carboxylic acids is 1. The highest BCUT2D eigenvalue weighted by Gasteiger charge is 2.36. The largest absolute Gasteiger partial charge is 0.376 e. The molecule has 4 N–H and O–H groups in total. The summed E-state index contributed by atoms with van der Waals surface area (Å²) in [5, 5.41) is 0. The molecule has 1 aromatic carbocycles. The lowest BCUT2D eigenvalue weighted by Crippen LogP contribution is -2.58. The molecule has 2 rings (SSSR count). The Labute approximate surface area is 113 Å². The average Bonchev–Trinajstić information content (AvgIpc) is 2.39. The molecule has 0 spiro atoms. The second-order valence-corrected chi connectivity index (χ2v) is 5.12. The van der Waals surface area contributed by atoms with Crippen LogP contribution in [0.15, 0.2) is 30.3 Å². The van der Waals surface area contributed by atoms with E-state index in [-0.39, 0.29) is 6.10 Å². The van der Waals surface area contributed by atoms with E-state index in [1.165, 1.54) is 0 Å². The van der Waals surface area contributed by atoms with Crippen LogP contribution in [0.2, 0.25) is 0 Å². The van der Waals surface area contributed by atoms with Gasteiger partial charge < -0.3 is 16.2 Å². The summed E-state index contributed by atoms with van der Waals surface area (Å²) >= 11 is 0. The predicted octanol–water partition coefficient (Wildman–Crippen LogP) is 0.0466. The van der Waals surface area contributed by atoms with E-state index < -0.39 is 11.4 Å². The van der Waals surface area contributed by atoms with Crippen LogP contribution in [0.4, 0.5) is 0 Å². The number of nitrogens with two attached hydrogens (primary N) is 2. The van der Waals surface area contributed by atoms with Crippen molar-refractivity contribution in [2.45, 2.75) is 18.6 Å². The standard InChI is InChI=1S/C14H21N3O2/c1-11-9-17(7-8-19-11)10-14(16,13(15)18)12-5-3-2-4-6-12/h2-6,11H,7-10,16H2,1H3,(H2,15,18). The van der Waals surface area contributed by atoms with E-state index in [1.54, 1.807) is 0 Å². The highest BCUT2D eigenvalue weighted by molar-refractivity contribution is 5.86. The van der Waals surface area contributed by atoms with Crippen LogP contribution >= 0.6 is 0 Å². The average molecular weight is 263 g/mol. The van der Waals surface area contributed by atoms with Gasteiger partial charge in [0, 0.05) is 19.6 Å². The second-order valence-electron chi connectivity index (χ2n) is 5.12. The third kappa shape index (κ3) is 3.12. The first kappa shape index (κ1) is 14.0. The molecule has 0 aliphatic carbocycles. The van der Waals surface area contributed by atoms with Gasteiger partial charge in [-0.3, -0.25) is 9.69 Å². The van der Waals surface area contributed by atoms with Gasteiger partial charge in [-0.05, 0) is 12.5 Å². The predicted molar refractivity (Wildman–Crippen MR) is 73.4 cm³/mol. The molecule has 5 nitrogen and oxygen atoms in total. The van der Waals surface area contributed by atoms with Crippen molar-refractivity contribution in [1.29, 1.82) is 0 Å². The third-order valence-corrected chi connectivity index (χ3v) is 3.53. The molecule has 0 aromatic heterocycles. The molecule has 0 radical (unpaired) electrons. The molecule has 1 aliphatic heterocycles. The van der Waals surface area contributed by atoms with E-state index in [1.807, 2.05) is 37.3 Å². The molecule has 2 unspecified atom stereocenters. The van der Waals surface area contributed by atoms with E-state index in [0.29, 0.717) is 13.2 Å². The van der Waals surface area contributed by atoms with Crippen molar-refractivity contribution in [3.63, 3.8) is 0 Å². The van der Waals surface area contributed by atoms with Crippen LogP contribution in [0, 0.1) is 0 Å². The molecule has 1 fully saturated rings. The summed E-state index contributed by atoms with van der Waals surface area (Å²) < 4.78 is 5.49. The van der Waals surface area contributed by atoms with Crippen molar-refractivity contribution in [1.82, 2.24) is 4.90 Å². The summed E-state index contributed by atoms with van der Waals surface area (Å²) in [5.74, 6) is -0.502. The highest BCUT2D eigenvalue weighted by Crippen LogP contribution is 2.20. The number of rotatable bonds is 4. The van der Waals surface area contributed by atoms with Gasteiger partial charge in [-0.15, -0.1) is 0 Å². The Morgan fingerprint density at radius 3 is 2.74 bits per heavy atom. The van der Waals surface area contributed by atoms with E-state index in [4.69, 9.17) is 16.2 Å². The molecule has 1 aliphatic rings. The number of primary amides is 1. The Kier molecular flexibility index (Phi) is 4.19. The van der Waals surface area contributed by atoms with Crippen molar-refractivity contribution in [2.75, 3.05) is 26.2 Å². The minimum Gasteiger partial charge on any atom is -0.376 e. The summed E-state index contributed by atoms with van der Waals surface area (Å²) in [4.78, 5) is 13.9. The van der Waals surface area contributed by atoms with Crippen LogP contribution in [-0.4, -0.2) is 43.2 Å². The SMILES string of the molecule is CC1CN(CC(N)(C(N)=O)c2ccccc2)CCO1. The Hall–Kier alpha value is -1.43. The molecule has 1 aromatic rings. The third-order valence-electron chi connectivity index (χ3n) is 3.53. The van der Waals surface area contributed by atoms with Crippen LogP contribution in [0.1, 0.15) is 12.5 Å². The first-order valence-electron chi connectivity index (χ1n) is 6.50. The maximum atomic E-state index is 11.8. The van der Waals surface area contributed by atoms with Gasteiger partial charge in [0.05, 0.1) is 12.7 Å². The van der Waals surface area contributed by atoms with E-state index >= 15 is 0 Å². The highest BCUT2D eigenvalue weighted by atomic mass is 16.5. The van der Waals surface area contributed by atoms with Gasteiger partial charge in [-0.25, -0.2) is 0 Å². The zero-order valence-corrected chi connectivity index (χ0v) is 11.2. The number of morpholine rings is 1. The van der Waals surface area contributed by atoms with Gasteiger partial charge >= 0.3 is 0 Å². The molecule has 104 valence electrons. The van der Waals surface area contributed by atoms with Crippen LogP contribution in [0.25, 0.3) is 0 Å². The van der Waals surface area contributed by atoms with Crippen molar-refractivity contribution in [2.24, 2.45) is 11.5 Å². The number of nitrogens with zero attached hydrogens (tertiary/aromatic N) is 1. The van der Waals surface area contributed by atoms with E-state index in [2.05, 4.69) is 4.90 Å². The van der Waals surface area contributed by atoms with Crippen LogP contribution in [-0.2, 0) is 15.1 Å². The maximum Gasteiger partial charge on any atom is 0.243 e. The van der Waals surface area contributed by atoms with Gasteiger partial charge in [0.2, 0.25) is 5.91 Å². The molecule has 1 amide bonds. The molecule has 0 saturated carbocycles. The first-order valence-corrected chi connectivity index (χ1v) is 6.50. The Morgan fingerprint density at radius 2 is 2.16 bits per heavy atom. The zero-order chi connectivity index (χ0) is 13.9. The van der Waals surface area contributed by atoms with Crippen molar-refractivity contribution >= 4 is 5.91 Å². The number of hydrogen-bond acceptors (Lipinski definition) is 4. The van der Waals surface area contributed by atoms with Crippen LogP contribution < -0.4 is 11.5 Å². The van der Waals surface area contributed by atoms with Gasteiger partial charge in [0.1, 0.15) is 5.54 Å². The fourth-order valence-electron chi connectivity index (χ4n) is 2.43. The summed E-state index contributed by atoms with van der Waals surface area (Å²) in [7, 11) is 0. The molecule has 0 bridgehead atoms. The van der Waals surface area contributed by atoms with Crippen LogP contribution in [0.3, 0.4) is 0 Å². The molecule has 1 heterocycles. The lowest BCUT2D eigenvalue weighted by atomic mass is 9.89. The van der Waals surface area contributed by atoms with Crippen LogP contribution in [0.5, 0.6) is 0 Å². The number of hydrogen-bond donors (Lipinski definition) is 2. The van der Waals surface area contributed by atoms with Crippen molar-refractivity contribution < 1.29 is 9.53 Å². The first-order chi connectivity index (χ1) is 9.02. The van der Waals surface area contributed by atoms with Crippen molar-refractivity contribution in [3.05, 3.63) is 35.9 Å². The number of amides is 1. The Bertz CT molecular complexity index is 438. The quantitative estimate of drug-likeness (QED) is 0.804. The van der Waals surface area contributed by atoms with Gasteiger partial charge in [0.25, 0.3) is 0 Å². The smallest absolute Gasteiger partial charge is 0.243 e. The van der Waals surface area contributed by atoms with E-state index in [0.717, 1.165) is 18.7 Å². The summed E-state index contributed by atoms with van der Waals surface area (Å²) in [6.45, 7) is 4.62. The summed E-state index contributed by atoms with van der Waals surface area (Å²) in [6.07, 6.45) is 0.154. The Morgan fingerprint density at radius 1 is 1.47 bits per heavy atom. The lowest BCUT2D eigenvalue weighted by molar-refractivity contribution is -0.125. The molecule has 1 saturated heterocycles. The monoisotopic (exact) mass is 263 g/mol. The second kappa shape index (κ2) is 5.69. The number of carbonyl (C=O) groups is 1. The van der Waals surface area contributed by atoms with Gasteiger partial charge in [-0.1, -0.05) is 30.3 Å². The summed E-state index contributed by atoms with van der Waals surface area (Å²) in [6, 6.07) is 9.30. The maximum absolute atomic E-state index is 11.8. The topological polar surface area (TPSA) is 81.6 Å². The van der Waals surface area contributed by atoms with E-state index in [9.17, 15) is 4.79 Å². The molecule has 2 atom stereocenters. The minimum absolute atomic E-state index is 0.154. The fourth-order valence-corrected chi connectivity index (χ4v) is 2.43. The van der Waals surface area contributed by atoms with Gasteiger partial charge in [0.15, 0.2) is 0 Å². The Balaban J connectivity index is 2.18. The fraction of sp³-hybridized carbons (Fsp3) is 0.500. The summed E-state index contributed by atoms with van der Waals surface area (Å²) in [5.41, 5.74) is 11.4. The van der Waals surface area contributed by atoms with Crippen molar-refractivity contribution in [3.8, 4) is 0 Å². The molecule has 19 heavy (non-hydrogen) atoms. The number of benzene rings is 1.